The van der Waals surface area contributed by atoms with Gasteiger partial charge in [0.15, 0.2) is 0 Å². The zero-order chi connectivity index (χ0) is 59.7. The zero-order valence-corrected chi connectivity index (χ0v) is 54.7. The largest absolute Gasteiger partial charge is 0.330 e. The van der Waals surface area contributed by atoms with Crippen molar-refractivity contribution in [2.75, 3.05) is 188 Å². The van der Waals surface area contributed by atoms with E-state index in [9.17, 15) is 9.59 Å². The fourth-order valence-electron chi connectivity index (χ4n) is 8.37. The highest BCUT2D eigenvalue weighted by atomic mass is 35.5. The molecule has 17 heteroatoms. The molecule has 0 spiro atoms. The van der Waals surface area contributed by atoms with Gasteiger partial charge in [0, 0.05) is 37.3 Å². The number of nitrogens with two attached hydrogens (primary N) is 1. The molecule has 16 nitrogen and oxygen atoms in total. The van der Waals surface area contributed by atoms with E-state index in [1.54, 1.807) is 24.3 Å². The fraction of sp³-hybridized carbons (Fsp3) is 0.701. The Balaban J connectivity index is -0.000000553. The maximum Gasteiger partial charge on any atom is 0.150 e. The predicted molar refractivity (Wildman–Crippen MR) is 371 cm³/mol. The zero-order valence-electron chi connectivity index (χ0n) is 53.9. The summed E-state index contributed by atoms with van der Waals surface area (Å²) in [4.78, 5) is 31.5. The van der Waals surface area contributed by atoms with Crippen LogP contribution in [0.5, 0.6) is 0 Å². The molecule has 0 atom stereocenters. The van der Waals surface area contributed by atoms with Gasteiger partial charge in [-0.25, -0.2) is 0 Å². The lowest BCUT2D eigenvalue weighted by molar-refractivity contribution is 0.112. The Morgan fingerprint density at radius 3 is 0.833 bits per heavy atom. The number of nitrogens with zero attached hydrogens (tertiary/aromatic N) is 5. The third kappa shape index (κ3) is 63.2. The van der Waals surface area contributed by atoms with E-state index in [0.29, 0.717) is 23.7 Å². The number of hydrogen-bond acceptors (Lipinski definition) is 16. The minimum Gasteiger partial charge on any atom is -0.330 e. The van der Waals surface area contributed by atoms with Gasteiger partial charge in [0.25, 0.3) is 0 Å². The van der Waals surface area contributed by atoms with E-state index in [1.807, 2.05) is 0 Å². The van der Waals surface area contributed by atoms with Crippen LogP contribution in [0.15, 0.2) is 72.8 Å². The van der Waals surface area contributed by atoms with E-state index in [2.05, 4.69) is 186 Å². The van der Waals surface area contributed by atoms with Gasteiger partial charge in [-0.15, -0.1) is 12.4 Å². The molecule has 0 fully saturated rings. The normalized spacial score (nSPS) is 10.8. The second kappa shape index (κ2) is 65.7. The summed E-state index contributed by atoms with van der Waals surface area (Å²) in [6.07, 6.45) is 17.5. The molecule has 0 aliphatic rings. The molecule has 0 radical (unpaired) electrons. The lowest BCUT2D eigenvalue weighted by Gasteiger charge is -2.11. The SMILES string of the molecule is C.C.CN(C)CCCCCCCN.CN(C)CCCNCCCNCc1cccc(CNCCCNCCCN(C)C)c1.CN(C)CCCNCCCNCc1cccc(CNCCCNCCCN(C)C)c1.Cl.O=Cc1cccc(C=O)c1. The van der Waals surface area contributed by atoms with Crippen molar-refractivity contribution in [3.05, 3.63) is 106 Å². The Bertz CT molecular complexity index is 1630. The van der Waals surface area contributed by atoms with E-state index >= 15 is 0 Å². The molecule has 84 heavy (non-hydrogen) atoms. The Labute approximate surface area is 523 Å². The molecule has 0 bridgehead atoms. The third-order valence-electron chi connectivity index (χ3n) is 13.0. The number of benzene rings is 3. The van der Waals surface area contributed by atoms with Crippen molar-refractivity contribution in [3.8, 4) is 0 Å². The van der Waals surface area contributed by atoms with Crippen molar-refractivity contribution >= 4 is 25.0 Å². The summed E-state index contributed by atoms with van der Waals surface area (Å²) in [5, 5.41) is 28.3. The van der Waals surface area contributed by atoms with Crippen molar-refractivity contribution in [2.45, 2.75) is 125 Å². The molecule has 490 valence electrons. The van der Waals surface area contributed by atoms with Gasteiger partial charge in [0.2, 0.25) is 0 Å². The maximum atomic E-state index is 10.2. The van der Waals surface area contributed by atoms with Gasteiger partial charge >= 0.3 is 0 Å². The monoisotopic (exact) mass is 1200 g/mol. The van der Waals surface area contributed by atoms with Crippen LogP contribution in [0.3, 0.4) is 0 Å². The Hall–Kier alpha value is -3.27. The lowest BCUT2D eigenvalue weighted by atomic mass is 10.1. The number of rotatable bonds is 49. The van der Waals surface area contributed by atoms with Crippen LogP contribution in [-0.4, -0.2) is 225 Å². The fourth-order valence-corrected chi connectivity index (χ4v) is 8.37. The summed E-state index contributed by atoms with van der Waals surface area (Å²) in [5.41, 5.74) is 11.9. The lowest BCUT2D eigenvalue weighted by Crippen LogP contribution is -2.25. The van der Waals surface area contributed by atoms with Crippen molar-refractivity contribution in [1.29, 1.82) is 0 Å². The molecule has 0 aliphatic carbocycles. The maximum absolute atomic E-state index is 10.2. The van der Waals surface area contributed by atoms with Crippen molar-refractivity contribution in [2.24, 2.45) is 5.73 Å². The Kier molecular flexibility index (Phi) is 68.2. The number of halogens is 1. The van der Waals surface area contributed by atoms with Gasteiger partial charge < -0.3 is 72.8 Å². The van der Waals surface area contributed by atoms with Crippen LogP contribution >= 0.6 is 12.4 Å². The Morgan fingerprint density at radius 1 is 0.321 bits per heavy atom. The highest BCUT2D eigenvalue weighted by Crippen LogP contribution is 2.07. The van der Waals surface area contributed by atoms with Crippen LogP contribution in [-0.2, 0) is 26.2 Å². The van der Waals surface area contributed by atoms with Gasteiger partial charge in [0.1, 0.15) is 12.6 Å². The first-order valence-electron chi connectivity index (χ1n) is 31.0. The first-order chi connectivity index (χ1) is 39.3. The predicted octanol–water partition coefficient (Wildman–Crippen LogP) is 7.92. The van der Waals surface area contributed by atoms with Gasteiger partial charge in [-0.1, -0.05) is 101 Å². The first kappa shape index (κ1) is 87.2. The molecule has 10 N–H and O–H groups in total. The molecule has 0 saturated carbocycles. The van der Waals surface area contributed by atoms with E-state index in [4.69, 9.17) is 5.73 Å². The second-order valence-corrected chi connectivity index (χ2v) is 22.7. The van der Waals surface area contributed by atoms with Gasteiger partial charge in [-0.3, -0.25) is 9.59 Å². The van der Waals surface area contributed by atoms with Crippen LogP contribution in [0, 0.1) is 0 Å². The van der Waals surface area contributed by atoms with E-state index in [0.717, 1.165) is 137 Å². The number of hydrogen-bond donors (Lipinski definition) is 9. The molecule has 0 amide bonds. The molecular formula is C67H133ClN14O2. The van der Waals surface area contributed by atoms with Crippen LogP contribution in [0.25, 0.3) is 0 Å². The minimum absolute atomic E-state index is 0. The van der Waals surface area contributed by atoms with Gasteiger partial charge in [-0.2, -0.15) is 0 Å². The minimum atomic E-state index is 0. The summed E-state index contributed by atoms with van der Waals surface area (Å²) in [7, 11) is 21.3. The van der Waals surface area contributed by atoms with E-state index in [1.165, 1.54) is 112 Å². The van der Waals surface area contributed by atoms with Gasteiger partial charge in [-0.05, 0) is 281 Å². The highest BCUT2D eigenvalue weighted by molar-refractivity contribution is 5.85. The summed E-state index contributed by atoms with van der Waals surface area (Å²) >= 11 is 0. The average Bonchev–Trinajstić information content (AvgIpc) is 3.50. The molecule has 3 aromatic carbocycles. The second-order valence-electron chi connectivity index (χ2n) is 22.7. The topological polar surface area (TPSA) is 173 Å². The van der Waals surface area contributed by atoms with E-state index < -0.39 is 0 Å². The number of carbonyl (C=O) groups excluding carboxylic acids is 2. The van der Waals surface area contributed by atoms with Crippen LogP contribution in [0.4, 0.5) is 0 Å². The number of unbranched alkanes of at least 4 members (excludes halogenated alkanes) is 4. The molecule has 3 aromatic rings. The summed E-state index contributed by atoms with van der Waals surface area (Å²) in [6, 6.07) is 24.4. The molecule has 0 aromatic heterocycles. The number of nitrogens with one attached hydrogen (secondary N) is 8. The first-order valence-corrected chi connectivity index (χ1v) is 31.0. The van der Waals surface area contributed by atoms with Crippen LogP contribution < -0.4 is 48.3 Å². The molecule has 3 rings (SSSR count). The standard InChI is InChI=1S/2C24H48N6.C9H22N2.C8H6O2.2CH4.ClH/c2*1-29(2)18-8-16-25-12-6-14-27-21-23-10-5-11-24(20-23)22-28-15-7-13-26-17-9-19-30(3)4;1-11(2)9-7-5-3-4-6-8-10;9-5-7-2-1-3-8(4-7)6-10;;;/h2*5,10-11,20,25-28H,6-9,12-19,21-22H2,1-4H3;3-10H2,1-2H3;1-6H;2*1H4;1H. The number of carbonyl (C=O) groups is 2. The average molecular weight is 1200 g/mol. The van der Waals surface area contributed by atoms with Crippen LogP contribution in [0.1, 0.15) is 141 Å². The quantitative estimate of drug-likeness (QED) is 0.0197. The molecular weight excluding hydrogens is 1070 g/mol. The van der Waals surface area contributed by atoms with Gasteiger partial charge in [0.05, 0.1) is 0 Å². The summed E-state index contributed by atoms with van der Waals surface area (Å²) in [5.74, 6) is 0. The third-order valence-corrected chi connectivity index (χ3v) is 13.0. The number of aldehydes is 2. The Morgan fingerprint density at radius 2 is 0.560 bits per heavy atom. The molecule has 0 aliphatic heterocycles. The van der Waals surface area contributed by atoms with Crippen molar-refractivity contribution < 1.29 is 9.59 Å². The van der Waals surface area contributed by atoms with Crippen LogP contribution in [0.2, 0.25) is 0 Å². The summed E-state index contributed by atoms with van der Waals surface area (Å²) < 4.78 is 0. The molecule has 0 saturated heterocycles. The van der Waals surface area contributed by atoms with Crippen molar-refractivity contribution in [3.63, 3.8) is 0 Å². The smallest absolute Gasteiger partial charge is 0.150 e. The van der Waals surface area contributed by atoms with E-state index in [-0.39, 0.29) is 27.3 Å². The summed E-state index contributed by atoms with van der Waals surface area (Å²) in [6.45, 7) is 23.6. The molecule has 0 unspecified atom stereocenters. The highest BCUT2D eigenvalue weighted by Gasteiger charge is 2.01. The van der Waals surface area contributed by atoms with Crippen molar-refractivity contribution in [1.82, 2.24) is 67.0 Å². The molecule has 0 heterocycles.